The number of aliphatic hydroxyl groups is 1. The second-order valence-corrected chi connectivity index (χ2v) is 7.11. The number of Topliss-reactive ketones (excluding diaryl/α,β-unsaturated/α-hetero) is 1. The van der Waals surface area contributed by atoms with Gasteiger partial charge in [-0.25, -0.2) is 0 Å². The summed E-state index contributed by atoms with van der Waals surface area (Å²) in [5, 5.41) is 11.1. The fourth-order valence-corrected chi connectivity index (χ4v) is 3.82. The summed E-state index contributed by atoms with van der Waals surface area (Å²) in [5.41, 5.74) is 1.23. The molecule has 0 unspecified atom stereocenters. The van der Waals surface area contributed by atoms with Crippen molar-refractivity contribution in [1.29, 1.82) is 0 Å². The highest BCUT2D eigenvalue weighted by molar-refractivity contribution is 6.46. The molecule has 1 N–H and O–H groups in total. The van der Waals surface area contributed by atoms with Crippen LogP contribution in [0.5, 0.6) is 11.5 Å². The van der Waals surface area contributed by atoms with E-state index in [-0.39, 0.29) is 11.3 Å². The van der Waals surface area contributed by atoms with Crippen LogP contribution in [0.3, 0.4) is 0 Å². The third kappa shape index (κ3) is 3.64. The molecule has 156 valence electrons. The number of hydrogen-bond acceptors (Lipinski definition) is 6. The highest BCUT2D eigenvalue weighted by atomic mass is 16.6. The Labute approximate surface area is 174 Å². The highest BCUT2D eigenvalue weighted by Crippen LogP contribution is 2.41. The number of methoxy groups -OCH3 is 1. The maximum Gasteiger partial charge on any atom is 0.295 e. The lowest BCUT2D eigenvalue weighted by Gasteiger charge is -2.25. The summed E-state index contributed by atoms with van der Waals surface area (Å²) in [6, 6.07) is 13.5. The van der Waals surface area contributed by atoms with Crippen LogP contribution in [0.25, 0.3) is 5.76 Å². The Hall–Kier alpha value is -3.32. The Kier molecular flexibility index (Phi) is 5.72. The largest absolute Gasteiger partial charge is 0.507 e. The van der Waals surface area contributed by atoms with Crippen LogP contribution in [-0.2, 0) is 14.3 Å². The third-order valence-electron chi connectivity index (χ3n) is 5.22. The van der Waals surface area contributed by atoms with Gasteiger partial charge >= 0.3 is 0 Å². The molecule has 30 heavy (non-hydrogen) atoms. The van der Waals surface area contributed by atoms with Gasteiger partial charge in [0.05, 0.1) is 11.6 Å². The highest BCUT2D eigenvalue weighted by Gasteiger charge is 2.45. The van der Waals surface area contributed by atoms with Crippen LogP contribution in [-0.4, -0.2) is 55.2 Å². The quantitative estimate of drug-likeness (QED) is 0.342. The molecule has 2 heterocycles. The van der Waals surface area contributed by atoms with Crippen molar-refractivity contribution in [3.05, 3.63) is 65.2 Å². The van der Waals surface area contributed by atoms with E-state index in [0.29, 0.717) is 49.8 Å². The molecule has 2 aliphatic rings. The number of carbonyl (C=O) groups is 2. The first-order valence-corrected chi connectivity index (χ1v) is 9.84. The molecular weight excluding hydrogens is 386 g/mol. The van der Waals surface area contributed by atoms with Gasteiger partial charge in [-0.3, -0.25) is 9.59 Å². The van der Waals surface area contributed by atoms with E-state index >= 15 is 0 Å². The minimum atomic E-state index is -0.700. The van der Waals surface area contributed by atoms with Crippen molar-refractivity contribution >= 4 is 17.4 Å². The molecule has 0 aromatic heterocycles. The van der Waals surface area contributed by atoms with E-state index in [9.17, 15) is 14.7 Å². The minimum absolute atomic E-state index is 0.0697. The van der Waals surface area contributed by atoms with Crippen molar-refractivity contribution in [1.82, 2.24) is 4.90 Å². The molecule has 0 bridgehead atoms. The van der Waals surface area contributed by atoms with Crippen LogP contribution < -0.4 is 9.47 Å². The molecule has 1 atom stereocenters. The van der Waals surface area contributed by atoms with E-state index in [1.165, 1.54) is 4.90 Å². The van der Waals surface area contributed by atoms with Crippen LogP contribution in [0, 0.1) is 0 Å². The zero-order chi connectivity index (χ0) is 21.1. The molecule has 0 spiro atoms. The lowest BCUT2D eigenvalue weighted by atomic mass is 9.95. The van der Waals surface area contributed by atoms with E-state index in [1.54, 1.807) is 25.3 Å². The molecule has 4 rings (SSSR count). The van der Waals surface area contributed by atoms with E-state index in [1.807, 2.05) is 30.3 Å². The Bertz CT molecular complexity index is 984. The zero-order valence-corrected chi connectivity index (χ0v) is 16.7. The number of amides is 1. The van der Waals surface area contributed by atoms with Crippen LogP contribution in [0.4, 0.5) is 0 Å². The first-order valence-electron chi connectivity index (χ1n) is 9.84. The van der Waals surface area contributed by atoms with Gasteiger partial charge in [-0.2, -0.15) is 0 Å². The summed E-state index contributed by atoms with van der Waals surface area (Å²) in [6.07, 6.45) is 0.580. The number of rotatable bonds is 6. The normalized spacial score (nSPS) is 19.9. The number of fused-ring (bicyclic) bond motifs is 1. The molecule has 2 aliphatic heterocycles. The Balaban J connectivity index is 1.79. The number of aliphatic hydroxyl groups excluding tert-OH is 1. The van der Waals surface area contributed by atoms with E-state index in [4.69, 9.17) is 14.2 Å². The molecule has 2 aromatic carbocycles. The smallest absolute Gasteiger partial charge is 0.295 e. The van der Waals surface area contributed by atoms with Gasteiger partial charge in [-0.1, -0.05) is 30.3 Å². The standard InChI is InChI=1S/C23H23NO6/c1-28-11-5-10-24-20(15-6-3-2-4-7-15)19(22(26)23(24)27)21(25)16-8-9-17-18(14-16)30-13-12-29-17/h2-4,6-9,14,20,25H,5,10-13H2,1H3/t20-/m1/s1. The lowest BCUT2D eigenvalue weighted by Crippen LogP contribution is -2.31. The van der Waals surface area contributed by atoms with Crippen molar-refractivity contribution in [3.63, 3.8) is 0 Å². The number of hydrogen-bond donors (Lipinski definition) is 1. The molecule has 1 fully saturated rings. The monoisotopic (exact) mass is 409 g/mol. The molecule has 7 nitrogen and oxygen atoms in total. The van der Waals surface area contributed by atoms with Crippen LogP contribution in [0.15, 0.2) is 54.1 Å². The van der Waals surface area contributed by atoms with Gasteiger partial charge in [0.1, 0.15) is 19.0 Å². The van der Waals surface area contributed by atoms with Crippen molar-refractivity contribution in [2.75, 3.05) is 33.5 Å². The molecule has 2 aromatic rings. The summed E-state index contributed by atoms with van der Waals surface area (Å²) in [5.74, 6) is -0.477. The maximum atomic E-state index is 12.9. The Morgan fingerprint density at radius 2 is 1.83 bits per heavy atom. The number of ketones is 1. The van der Waals surface area contributed by atoms with Crippen LogP contribution >= 0.6 is 0 Å². The second-order valence-electron chi connectivity index (χ2n) is 7.11. The first kappa shape index (κ1) is 20.0. The van der Waals surface area contributed by atoms with E-state index in [2.05, 4.69) is 0 Å². The lowest BCUT2D eigenvalue weighted by molar-refractivity contribution is -0.140. The Morgan fingerprint density at radius 3 is 2.57 bits per heavy atom. The minimum Gasteiger partial charge on any atom is -0.507 e. The molecule has 1 amide bonds. The van der Waals surface area contributed by atoms with Gasteiger partial charge < -0.3 is 24.2 Å². The number of ether oxygens (including phenoxy) is 3. The molecule has 0 aliphatic carbocycles. The van der Waals surface area contributed by atoms with Crippen molar-refractivity contribution < 1.29 is 28.9 Å². The summed E-state index contributed by atoms with van der Waals surface area (Å²) < 4.78 is 16.2. The van der Waals surface area contributed by atoms with Crippen molar-refractivity contribution in [3.8, 4) is 11.5 Å². The molecule has 0 saturated carbocycles. The van der Waals surface area contributed by atoms with Gasteiger partial charge in [-0.05, 0) is 30.2 Å². The molecule has 0 radical (unpaired) electrons. The first-order chi connectivity index (χ1) is 14.6. The average Bonchev–Trinajstić information content (AvgIpc) is 3.04. The second kappa shape index (κ2) is 8.59. The zero-order valence-electron chi connectivity index (χ0n) is 16.7. The van der Waals surface area contributed by atoms with E-state index < -0.39 is 17.7 Å². The van der Waals surface area contributed by atoms with Gasteiger partial charge in [-0.15, -0.1) is 0 Å². The maximum absolute atomic E-state index is 12.9. The molecular formula is C23H23NO6. The Morgan fingerprint density at radius 1 is 1.10 bits per heavy atom. The SMILES string of the molecule is COCCCN1C(=O)C(=O)C(=C(O)c2ccc3c(c2)OCCO3)[C@H]1c1ccccc1. The topological polar surface area (TPSA) is 85.3 Å². The van der Waals surface area contributed by atoms with Crippen molar-refractivity contribution in [2.24, 2.45) is 0 Å². The molecule has 1 saturated heterocycles. The summed E-state index contributed by atoms with van der Waals surface area (Å²) in [4.78, 5) is 27.2. The van der Waals surface area contributed by atoms with Crippen LogP contribution in [0.2, 0.25) is 0 Å². The fraction of sp³-hybridized carbons (Fsp3) is 0.304. The number of likely N-dealkylation sites (tertiary alicyclic amines) is 1. The summed E-state index contributed by atoms with van der Waals surface area (Å²) in [7, 11) is 1.59. The molecule has 7 heteroatoms. The fourth-order valence-electron chi connectivity index (χ4n) is 3.82. The number of benzene rings is 2. The van der Waals surface area contributed by atoms with Gasteiger partial charge in [0.25, 0.3) is 11.7 Å². The number of nitrogens with zero attached hydrogens (tertiary/aromatic N) is 1. The van der Waals surface area contributed by atoms with Crippen molar-refractivity contribution in [2.45, 2.75) is 12.5 Å². The third-order valence-corrected chi connectivity index (χ3v) is 5.22. The van der Waals surface area contributed by atoms with E-state index in [0.717, 1.165) is 5.56 Å². The predicted molar refractivity (Wildman–Crippen MR) is 109 cm³/mol. The average molecular weight is 409 g/mol. The predicted octanol–water partition coefficient (Wildman–Crippen LogP) is 2.92. The van der Waals surface area contributed by atoms with Gasteiger partial charge in [0, 0.05) is 25.8 Å². The summed E-state index contributed by atoms with van der Waals surface area (Å²) >= 11 is 0. The summed E-state index contributed by atoms with van der Waals surface area (Å²) in [6.45, 7) is 1.67. The van der Waals surface area contributed by atoms with Crippen LogP contribution in [0.1, 0.15) is 23.6 Å². The number of carbonyl (C=O) groups excluding carboxylic acids is 2. The van der Waals surface area contributed by atoms with Gasteiger partial charge in [0.15, 0.2) is 11.5 Å². The van der Waals surface area contributed by atoms with Gasteiger partial charge in [0.2, 0.25) is 0 Å².